The van der Waals surface area contributed by atoms with E-state index in [0.717, 1.165) is 38.2 Å². The number of carbonyl (C=O) groups excluding carboxylic acids is 1. The molecule has 0 bridgehead atoms. The lowest BCUT2D eigenvalue weighted by molar-refractivity contribution is -0.147. The minimum atomic E-state index is -1.04. The molecule has 2 atom stereocenters. The van der Waals surface area contributed by atoms with Gasteiger partial charge in [-0.25, -0.2) is 14.8 Å². The van der Waals surface area contributed by atoms with E-state index in [1.165, 1.54) is 23.3 Å². The quantitative estimate of drug-likeness (QED) is 0.703. The molecule has 4 aliphatic heterocycles. The van der Waals surface area contributed by atoms with Gasteiger partial charge in [0.25, 0.3) is 0 Å². The zero-order valence-electron chi connectivity index (χ0n) is 13.5. The van der Waals surface area contributed by atoms with E-state index in [2.05, 4.69) is 10.0 Å². The van der Waals surface area contributed by atoms with E-state index in [1.807, 2.05) is 6.08 Å². The van der Waals surface area contributed by atoms with Crippen LogP contribution in [0.15, 0.2) is 22.9 Å². The van der Waals surface area contributed by atoms with E-state index in [9.17, 15) is 14.7 Å². The van der Waals surface area contributed by atoms with Gasteiger partial charge in [-0.3, -0.25) is 9.69 Å². The van der Waals surface area contributed by atoms with E-state index >= 15 is 0 Å². The summed E-state index contributed by atoms with van der Waals surface area (Å²) in [4.78, 5) is 25.0. The van der Waals surface area contributed by atoms with Crippen molar-refractivity contribution in [3.05, 3.63) is 22.9 Å². The first-order chi connectivity index (χ1) is 11.6. The Bertz CT molecular complexity index is 641. The number of carboxylic acids is 1. The largest absolute Gasteiger partial charge is 0.477 e. The highest BCUT2D eigenvalue weighted by molar-refractivity contribution is 8.00. The summed E-state index contributed by atoms with van der Waals surface area (Å²) in [6.45, 7) is 4.09. The molecule has 0 saturated carbocycles. The molecular formula is C16H22N4O3S. The van der Waals surface area contributed by atoms with Gasteiger partial charge in [-0.05, 0) is 24.8 Å². The monoisotopic (exact) mass is 350 g/mol. The van der Waals surface area contributed by atoms with Gasteiger partial charge in [-0.15, -0.1) is 11.8 Å². The third kappa shape index (κ3) is 2.57. The van der Waals surface area contributed by atoms with Crippen molar-refractivity contribution in [1.29, 1.82) is 0 Å². The molecule has 4 rings (SSSR count). The smallest absolute Gasteiger partial charge is 0.352 e. The Morgan fingerprint density at radius 3 is 2.71 bits per heavy atom. The van der Waals surface area contributed by atoms with Gasteiger partial charge < -0.3 is 10.8 Å². The van der Waals surface area contributed by atoms with Crippen LogP contribution in [0.25, 0.3) is 0 Å². The minimum Gasteiger partial charge on any atom is -0.477 e. The predicted octanol–water partition coefficient (Wildman–Crippen LogP) is 0.210. The number of hydrogen-bond donors (Lipinski definition) is 2. The van der Waals surface area contributed by atoms with Crippen LogP contribution >= 0.6 is 11.8 Å². The maximum Gasteiger partial charge on any atom is 0.352 e. The van der Waals surface area contributed by atoms with E-state index in [4.69, 9.17) is 5.73 Å². The van der Waals surface area contributed by atoms with Gasteiger partial charge in [-0.2, -0.15) is 0 Å². The minimum absolute atomic E-state index is 0.123. The average Bonchev–Trinajstić information content (AvgIpc) is 3.24. The fourth-order valence-corrected chi connectivity index (χ4v) is 5.16. The molecule has 0 radical (unpaired) electrons. The van der Waals surface area contributed by atoms with Crippen LogP contribution < -0.4 is 5.73 Å². The van der Waals surface area contributed by atoms with Crippen molar-refractivity contribution in [2.45, 2.75) is 30.7 Å². The summed E-state index contributed by atoms with van der Waals surface area (Å²) in [5.74, 6) is -0.732. The molecule has 3 N–H and O–H groups in total. The Balaban J connectivity index is 1.56. The highest BCUT2D eigenvalue weighted by Gasteiger charge is 2.51. The molecule has 7 nitrogen and oxygen atoms in total. The van der Waals surface area contributed by atoms with Gasteiger partial charge in [0, 0.05) is 31.9 Å². The van der Waals surface area contributed by atoms with Crippen molar-refractivity contribution < 1.29 is 14.7 Å². The summed E-state index contributed by atoms with van der Waals surface area (Å²) in [5, 5.41) is 14.1. The van der Waals surface area contributed by atoms with Crippen LogP contribution in [-0.4, -0.2) is 75.2 Å². The molecule has 0 spiro atoms. The molecule has 0 aromatic carbocycles. The van der Waals surface area contributed by atoms with Crippen LogP contribution in [0, 0.1) is 0 Å². The molecule has 0 aliphatic carbocycles. The van der Waals surface area contributed by atoms with Crippen molar-refractivity contribution in [3.8, 4) is 0 Å². The van der Waals surface area contributed by atoms with E-state index in [-0.39, 0.29) is 17.0 Å². The molecule has 8 heteroatoms. The first-order valence-electron chi connectivity index (χ1n) is 8.42. The first kappa shape index (κ1) is 16.1. The molecule has 3 fully saturated rings. The van der Waals surface area contributed by atoms with Gasteiger partial charge in [0.05, 0.1) is 0 Å². The lowest BCUT2D eigenvalue weighted by Crippen LogP contribution is -2.68. The van der Waals surface area contributed by atoms with Crippen LogP contribution in [-0.2, 0) is 9.59 Å². The van der Waals surface area contributed by atoms with Crippen LogP contribution in [0.2, 0.25) is 0 Å². The summed E-state index contributed by atoms with van der Waals surface area (Å²) in [6.07, 6.45) is 5.45. The van der Waals surface area contributed by atoms with E-state index < -0.39 is 12.0 Å². The van der Waals surface area contributed by atoms with Gasteiger partial charge in [0.2, 0.25) is 5.91 Å². The Labute approximate surface area is 145 Å². The summed E-state index contributed by atoms with van der Waals surface area (Å²) >= 11 is 1.55. The van der Waals surface area contributed by atoms with E-state index in [1.54, 1.807) is 11.8 Å². The molecule has 130 valence electrons. The number of β-lactam (4-membered cyclic amide) rings is 1. The van der Waals surface area contributed by atoms with Crippen molar-refractivity contribution >= 4 is 23.6 Å². The van der Waals surface area contributed by atoms with Crippen molar-refractivity contribution in [2.24, 2.45) is 5.73 Å². The second kappa shape index (κ2) is 6.18. The second-order valence-corrected chi connectivity index (χ2v) is 7.82. The van der Waals surface area contributed by atoms with E-state index in [0.29, 0.717) is 5.75 Å². The standard InChI is InChI=1S/C16H22N4O3S/c17-12-14(21)20-13(16(22)23)11(9-24-15(12)20)7-10-3-6-19(8-10)18-4-1-2-5-18/h7,12,15H,1-6,8-9,17H2,(H,22,23). The topological polar surface area (TPSA) is 90.1 Å². The number of rotatable bonds is 3. The molecule has 0 aromatic rings. The number of nitrogens with two attached hydrogens (primary N) is 1. The molecule has 4 heterocycles. The normalized spacial score (nSPS) is 33.3. The Morgan fingerprint density at radius 2 is 2.00 bits per heavy atom. The third-order valence-electron chi connectivity index (χ3n) is 5.18. The van der Waals surface area contributed by atoms with Crippen molar-refractivity contribution in [2.75, 3.05) is 31.9 Å². The number of nitrogens with zero attached hydrogens (tertiary/aromatic N) is 3. The molecule has 2 unspecified atom stereocenters. The molecule has 24 heavy (non-hydrogen) atoms. The number of hydrazine groups is 1. The number of amides is 1. The van der Waals surface area contributed by atoms with Crippen molar-refractivity contribution in [3.63, 3.8) is 0 Å². The Morgan fingerprint density at radius 1 is 1.25 bits per heavy atom. The molecule has 1 amide bonds. The molecule has 0 aromatic heterocycles. The fraction of sp³-hybridized carbons (Fsp3) is 0.625. The maximum absolute atomic E-state index is 12.0. The highest BCUT2D eigenvalue weighted by atomic mass is 32.2. The number of fused-ring (bicyclic) bond motifs is 1. The molecule has 4 aliphatic rings. The number of thioether (sulfide) groups is 1. The lowest BCUT2D eigenvalue weighted by atomic mass is 10.0. The molecule has 3 saturated heterocycles. The zero-order chi connectivity index (χ0) is 16.8. The van der Waals surface area contributed by atoms with Gasteiger partial charge in [-0.1, -0.05) is 11.6 Å². The number of allylic oxidation sites excluding steroid dienone is 1. The second-order valence-electron chi connectivity index (χ2n) is 6.72. The Kier molecular flexibility index (Phi) is 4.16. The maximum atomic E-state index is 12.0. The number of aliphatic carboxylic acids is 1. The lowest BCUT2D eigenvalue weighted by Gasteiger charge is -2.47. The fourth-order valence-electron chi connectivity index (χ4n) is 3.90. The highest BCUT2D eigenvalue weighted by Crippen LogP contribution is 2.40. The summed E-state index contributed by atoms with van der Waals surface area (Å²) < 4.78 is 0. The zero-order valence-corrected chi connectivity index (χ0v) is 14.3. The van der Waals surface area contributed by atoms with Crippen LogP contribution in [0.1, 0.15) is 19.3 Å². The summed E-state index contributed by atoms with van der Waals surface area (Å²) in [5.41, 5.74) is 7.88. The van der Waals surface area contributed by atoms with Gasteiger partial charge in [0.1, 0.15) is 17.1 Å². The number of carbonyl (C=O) groups is 2. The summed E-state index contributed by atoms with van der Waals surface area (Å²) in [7, 11) is 0. The predicted molar refractivity (Wildman–Crippen MR) is 90.8 cm³/mol. The van der Waals surface area contributed by atoms with Crippen LogP contribution in [0.4, 0.5) is 0 Å². The van der Waals surface area contributed by atoms with Gasteiger partial charge in [0.15, 0.2) is 0 Å². The van der Waals surface area contributed by atoms with Gasteiger partial charge >= 0.3 is 5.97 Å². The molecular weight excluding hydrogens is 328 g/mol. The average molecular weight is 350 g/mol. The number of hydrogen-bond acceptors (Lipinski definition) is 6. The Hall–Kier alpha value is -1.35. The number of carboxylic acid groups (broad SMARTS) is 1. The third-order valence-corrected chi connectivity index (χ3v) is 6.50. The van der Waals surface area contributed by atoms with Crippen LogP contribution in [0.5, 0.6) is 0 Å². The van der Waals surface area contributed by atoms with Crippen molar-refractivity contribution in [1.82, 2.24) is 14.9 Å². The first-order valence-corrected chi connectivity index (χ1v) is 9.47. The SMILES string of the molecule is NC1C(=O)N2C(C(=O)O)=C(C=C3CCN(N4CCCC4)C3)CSC12. The van der Waals surface area contributed by atoms with Crippen LogP contribution in [0.3, 0.4) is 0 Å². The summed E-state index contributed by atoms with van der Waals surface area (Å²) in [6, 6.07) is -0.573.